The summed E-state index contributed by atoms with van der Waals surface area (Å²) >= 11 is 0. The third kappa shape index (κ3) is 9.45. The van der Waals surface area contributed by atoms with E-state index in [1.807, 2.05) is 91.0 Å². The molecule has 0 amide bonds. The molecule has 1 fully saturated rings. The van der Waals surface area contributed by atoms with E-state index in [0.29, 0.717) is 0 Å². The van der Waals surface area contributed by atoms with E-state index in [2.05, 4.69) is 68.1 Å². The van der Waals surface area contributed by atoms with E-state index in [4.69, 9.17) is 0 Å². The first-order valence-electron chi connectivity index (χ1n) is 13.7. The molecule has 0 atom stereocenters. The van der Waals surface area contributed by atoms with Crippen molar-refractivity contribution < 1.29 is 21.7 Å². The molecule has 1 radical (unpaired) electrons. The normalized spacial score (nSPS) is 12.1. The predicted molar refractivity (Wildman–Crippen MR) is 169 cm³/mol. The van der Waals surface area contributed by atoms with Crippen molar-refractivity contribution in [2.75, 3.05) is 18.0 Å². The van der Waals surface area contributed by atoms with Gasteiger partial charge in [-0.1, -0.05) is 48.5 Å². The molecule has 0 N–H and O–H groups in total. The minimum absolute atomic E-state index is 0. The smallest absolute Gasteiger partial charge is 0.372 e. The second-order valence-electron chi connectivity index (χ2n) is 9.83. The summed E-state index contributed by atoms with van der Waals surface area (Å²) in [6.45, 7) is 13.6. The van der Waals surface area contributed by atoms with E-state index in [0.717, 1.165) is 23.1 Å². The average Bonchev–Trinajstić information content (AvgIpc) is 3.64. The summed E-state index contributed by atoms with van der Waals surface area (Å²) in [6, 6.07) is 45.4. The Bertz CT molecular complexity index is 1300. The largest absolute Gasteiger partial charge is 3.00 e. The first-order valence-corrected chi connectivity index (χ1v) is 13.7. The van der Waals surface area contributed by atoms with Gasteiger partial charge in [0.25, 0.3) is 0 Å². The van der Waals surface area contributed by atoms with E-state index in [9.17, 15) is 0 Å². The fraction of sp³-hybridized carbons (Fsp3) is 0.132. The van der Waals surface area contributed by atoms with Gasteiger partial charge in [0.15, 0.2) is 0 Å². The molecule has 2 heteroatoms. The Balaban J connectivity index is 0.000000167. The molecule has 7 rings (SSSR count). The summed E-state index contributed by atoms with van der Waals surface area (Å²) in [5.41, 5.74) is 10.5. The molecule has 2 aliphatic rings. The number of benzene rings is 5. The first-order chi connectivity index (χ1) is 19.1. The van der Waals surface area contributed by atoms with Gasteiger partial charge >= 0.3 is 21.7 Å². The van der Waals surface area contributed by atoms with Crippen molar-refractivity contribution in [3.8, 4) is 11.1 Å². The van der Waals surface area contributed by atoms with E-state index >= 15 is 0 Å². The molecule has 5 aromatic rings. The van der Waals surface area contributed by atoms with Crippen LogP contribution in [-0.2, 0) is 28.1 Å². The molecule has 0 bridgehead atoms. The van der Waals surface area contributed by atoms with Crippen LogP contribution in [-0.4, -0.2) is 13.1 Å². The van der Waals surface area contributed by atoms with Gasteiger partial charge in [-0.3, -0.25) is 0 Å². The Morgan fingerprint density at radius 1 is 0.450 bits per heavy atom. The van der Waals surface area contributed by atoms with Crippen LogP contribution in [0.1, 0.15) is 40.7 Å². The number of hydrogen-bond donors (Lipinski definition) is 0. The van der Waals surface area contributed by atoms with Gasteiger partial charge in [0.2, 0.25) is 0 Å². The van der Waals surface area contributed by atoms with E-state index < -0.39 is 0 Å². The van der Waals surface area contributed by atoms with Crippen LogP contribution in [0, 0.1) is 20.8 Å². The van der Waals surface area contributed by atoms with Crippen LogP contribution in [0.25, 0.3) is 11.1 Å². The molecule has 40 heavy (non-hydrogen) atoms. The first kappa shape index (κ1) is 30.8. The van der Waals surface area contributed by atoms with Gasteiger partial charge < -0.3 is 4.90 Å². The molecule has 5 aromatic carbocycles. The van der Waals surface area contributed by atoms with Crippen LogP contribution >= 0.6 is 0 Å². The Morgan fingerprint density at radius 3 is 1.32 bits per heavy atom. The van der Waals surface area contributed by atoms with Crippen LogP contribution in [0.3, 0.4) is 0 Å². The SMILES string of the molecule is [CH2-]c1ccccc1.[CH2-]c1ccccc1.[CH2-]c1ccccc1.[Ti+3].c1ccc2c(c1)Cc1cc(N3CCCC3)ccc1-2. The predicted octanol–water partition coefficient (Wildman–Crippen LogP) is 9.46. The molecule has 1 saturated heterocycles. The van der Waals surface area contributed by atoms with Gasteiger partial charge in [0.1, 0.15) is 0 Å². The van der Waals surface area contributed by atoms with Crippen LogP contribution in [0.15, 0.2) is 133 Å². The van der Waals surface area contributed by atoms with Gasteiger partial charge in [0.05, 0.1) is 0 Å². The Labute approximate surface area is 256 Å². The fourth-order valence-corrected chi connectivity index (χ4v) is 4.74. The molecule has 1 heterocycles. The molecule has 0 spiro atoms. The van der Waals surface area contributed by atoms with Crippen molar-refractivity contribution >= 4 is 5.69 Å². The molecular formula is C38H38NTi. The molecule has 1 aliphatic heterocycles. The summed E-state index contributed by atoms with van der Waals surface area (Å²) in [5.74, 6) is 0. The Kier molecular flexibility index (Phi) is 12.6. The molecule has 199 valence electrons. The van der Waals surface area contributed by atoms with Crippen molar-refractivity contribution in [2.45, 2.75) is 19.3 Å². The molecule has 0 aromatic heterocycles. The molecule has 0 saturated carbocycles. The van der Waals surface area contributed by atoms with Crippen LogP contribution in [0.5, 0.6) is 0 Å². The van der Waals surface area contributed by atoms with Crippen LogP contribution in [0.2, 0.25) is 0 Å². The zero-order valence-electron chi connectivity index (χ0n) is 23.3. The summed E-state index contributed by atoms with van der Waals surface area (Å²) in [7, 11) is 0. The maximum absolute atomic E-state index is 3.72. The maximum atomic E-state index is 3.72. The zero-order valence-corrected chi connectivity index (χ0v) is 24.9. The number of hydrogen-bond acceptors (Lipinski definition) is 1. The summed E-state index contributed by atoms with van der Waals surface area (Å²) in [6.07, 6.45) is 3.79. The molecular weight excluding hydrogens is 518 g/mol. The number of fused-ring (bicyclic) bond motifs is 3. The monoisotopic (exact) mass is 556 g/mol. The third-order valence-corrected chi connectivity index (χ3v) is 6.78. The van der Waals surface area contributed by atoms with E-state index in [-0.39, 0.29) is 21.7 Å². The molecule has 1 aliphatic carbocycles. The number of anilines is 1. The van der Waals surface area contributed by atoms with Gasteiger partial charge in [-0.2, -0.15) is 73.9 Å². The second-order valence-corrected chi connectivity index (χ2v) is 9.83. The standard InChI is InChI=1S/C17H17N.3C7H7.Ti/c1-2-6-16-13(5-1)11-14-12-15(7-8-17(14)16)18-9-3-4-10-18;3*1-7-5-3-2-4-6-7;/h1-2,5-8,12H,3-4,9-11H2;3*2-6H,1H2;/q;3*-1;+3. The van der Waals surface area contributed by atoms with E-state index in [1.165, 1.54) is 53.9 Å². The summed E-state index contributed by atoms with van der Waals surface area (Å²) in [4.78, 5) is 2.52. The minimum atomic E-state index is 0. The van der Waals surface area contributed by atoms with Crippen LogP contribution < -0.4 is 4.90 Å². The average molecular weight is 557 g/mol. The summed E-state index contributed by atoms with van der Waals surface area (Å²) < 4.78 is 0. The second kappa shape index (κ2) is 16.4. The van der Waals surface area contributed by atoms with Crippen molar-refractivity contribution in [1.82, 2.24) is 0 Å². The van der Waals surface area contributed by atoms with Gasteiger partial charge in [-0.15, -0.1) is 36.4 Å². The number of rotatable bonds is 1. The van der Waals surface area contributed by atoms with Gasteiger partial charge in [0, 0.05) is 18.8 Å². The summed E-state index contributed by atoms with van der Waals surface area (Å²) in [5, 5.41) is 0. The van der Waals surface area contributed by atoms with Crippen molar-refractivity contribution in [3.05, 3.63) is 182 Å². The van der Waals surface area contributed by atoms with Crippen molar-refractivity contribution in [1.29, 1.82) is 0 Å². The fourth-order valence-electron chi connectivity index (χ4n) is 4.74. The van der Waals surface area contributed by atoms with Crippen molar-refractivity contribution in [2.24, 2.45) is 0 Å². The molecule has 1 nitrogen and oxygen atoms in total. The Morgan fingerprint density at radius 2 is 0.875 bits per heavy atom. The van der Waals surface area contributed by atoms with Crippen molar-refractivity contribution in [3.63, 3.8) is 0 Å². The van der Waals surface area contributed by atoms with Crippen LogP contribution in [0.4, 0.5) is 5.69 Å². The minimum Gasteiger partial charge on any atom is -0.372 e. The molecule has 0 unspecified atom stereocenters. The van der Waals surface area contributed by atoms with E-state index in [1.54, 1.807) is 0 Å². The quantitative estimate of drug-likeness (QED) is 0.144. The third-order valence-electron chi connectivity index (χ3n) is 6.78. The van der Waals surface area contributed by atoms with Gasteiger partial charge in [-0.05, 0) is 53.6 Å². The maximum Gasteiger partial charge on any atom is 3.00 e. The Hall–Kier alpha value is -3.78. The van der Waals surface area contributed by atoms with Gasteiger partial charge in [-0.25, -0.2) is 0 Å². The number of nitrogens with zero attached hydrogens (tertiary/aromatic N) is 1. The topological polar surface area (TPSA) is 3.24 Å². The zero-order chi connectivity index (χ0) is 27.3.